The maximum absolute atomic E-state index is 5.82. The Kier molecular flexibility index (Phi) is 8.65. The van der Waals surface area contributed by atoms with E-state index in [0.717, 1.165) is 31.3 Å². The lowest BCUT2D eigenvalue weighted by Crippen LogP contribution is -2.62. The van der Waals surface area contributed by atoms with Crippen molar-refractivity contribution in [3.63, 3.8) is 0 Å². The maximum Gasteiger partial charge on any atom is 0.191 e. The van der Waals surface area contributed by atoms with Crippen molar-refractivity contribution in [3.05, 3.63) is 29.8 Å². The van der Waals surface area contributed by atoms with Crippen molar-refractivity contribution in [2.45, 2.75) is 50.1 Å². The second-order valence-electron chi connectivity index (χ2n) is 8.87. The van der Waals surface area contributed by atoms with Crippen LogP contribution >= 0.6 is 24.0 Å². The predicted molar refractivity (Wildman–Crippen MR) is 134 cm³/mol. The molecule has 4 rings (SSSR count). The molecule has 2 saturated heterocycles. The molecule has 0 radical (unpaired) electrons. The lowest BCUT2D eigenvalue weighted by molar-refractivity contribution is 0.0172. The molecule has 0 bridgehead atoms. The zero-order valence-electron chi connectivity index (χ0n) is 18.5. The Morgan fingerprint density at radius 3 is 2.60 bits per heavy atom. The Morgan fingerprint density at radius 1 is 1.13 bits per heavy atom. The summed E-state index contributed by atoms with van der Waals surface area (Å²) in [6.45, 7) is 6.55. The molecule has 0 spiro atoms. The molecule has 168 valence electrons. The highest BCUT2D eigenvalue weighted by atomic mass is 127. The number of fused-ring (bicyclic) bond motifs is 1. The molecule has 0 amide bonds. The SMILES string of the molecule is CN=C(NCC1(N2CCCCC2)CCN(C)CC1)NC1CCOc2ccccc21.I. The smallest absolute Gasteiger partial charge is 0.191 e. The van der Waals surface area contributed by atoms with Gasteiger partial charge in [-0.25, -0.2) is 0 Å². The van der Waals surface area contributed by atoms with Gasteiger partial charge in [0.25, 0.3) is 0 Å². The van der Waals surface area contributed by atoms with Gasteiger partial charge in [-0.2, -0.15) is 0 Å². The van der Waals surface area contributed by atoms with Crippen LogP contribution in [0.15, 0.2) is 29.3 Å². The first-order valence-electron chi connectivity index (χ1n) is 11.3. The van der Waals surface area contributed by atoms with E-state index in [0.29, 0.717) is 0 Å². The highest BCUT2D eigenvalue weighted by molar-refractivity contribution is 14.0. The number of piperidine rings is 2. The zero-order chi connectivity index (χ0) is 20.1. The van der Waals surface area contributed by atoms with Gasteiger partial charge < -0.3 is 20.3 Å². The second kappa shape index (κ2) is 11.0. The van der Waals surface area contributed by atoms with Crippen LogP contribution < -0.4 is 15.4 Å². The minimum absolute atomic E-state index is 0. The van der Waals surface area contributed by atoms with Crippen LogP contribution in [0, 0.1) is 0 Å². The van der Waals surface area contributed by atoms with Crippen LogP contribution in [0.3, 0.4) is 0 Å². The summed E-state index contributed by atoms with van der Waals surface area (Å²) >= 11 is 0. The number of guanidine groups is 1. The number of halogens is 1. The Balaban J connectivity index is 0.00000256. The van der Waals surface area contributed by atoms with Crippen molar-refractivity contribution in [1.29, 1.82) is 0 Å². The number of hydrogen-bond donors (Lipinski definition) is 2. The van der Waals surface area contributed by atoms with Gasteiger partial charge in [-0.1, -0.05) is 24.6 Å². The largest absolute Gasteiger partial charge is 0.493 e. The minimum Gasteiger partial charge on any atom is -0.493 e. The van der Waals surface area contributed by atoms with E-state index in [1.165, 1.54) is 63.8 Å². The third kappa shape index (κ3) is 5.40. The summed E-state index contributed by atoms with van der Waals surface area (Å²) in [7, 11) is 4.12. The molecule has 6 nitrogen and oxygen atoms in total. The molecule has 2 N–H and O–H groups in total. The molecule has 1 aromatic rings. The third-order valence-electron chi connectivity index (χ3n) is 7.02. The first-order valence-corrected chi connectivity index (χ1v) is 11.3. The van der Waals surface area contributed by atoms with Crippen molar-refractivity contribution in [1.82, 2.24) is 20.4 Å². The number of hydrogen-bond acceptors (Lipinski definition) is 4. The summed E-state index contributed by atoms with van der Waals surface area (Å²) in [6.07, 6.45) is 7.47. The van der Waals surface area contributed by atoms with E-state index in [4.69, 9.17) is 4.74 Å². The molecule has 2 fully saturated rings. The molecule has 0 aromatic heterocycles. The van der Waals surface area contributed by atoms with Crippen molar-refractivity contribution in [2.24, 2.45) is 4.99 Å². The average molecular weight is 527 g/mol. The molecule has 0 saturated carbocycles. The fraction of sp³-hybridized carbons (Fsp3) is 0.696. The number of aliphatic imine (C=N–C) groups is 1. The summed E-state index contributed by atoms with van der Waals surface area (Å²) in [5.41, 5.74) is 1.48. The number of benzene rings is 1. The highest BCUT2D eigenvalue weighted by Crippen LogP contribution is 2.32. The maximum atomic E-state index is 5.82. The van der Waals surface area contributed by atoms with E-state index in [1.807, 2.05) is 13.1 Å². The Morgan fingerprint density at radius 2 is 1.87 bits per heavy atom. The van der Waals surface area contributed by atoms with Crippen LogP contribution in [0.25, 0.3) is 0 Å². The lowest BCUT2D eigenvalue weighted by atomic mass is 9.84. The standard InChI is InChI=1S/C23H37N5O.HI/c1-24-22(26-20-10-17-29-21-9-5-4-8-19(20)21)25-18-23(11-15-27(2)16-12-23)28-13-6-3-7-14-28;/h4-5,8-9,20H,3,6-7,10-18H2,1-2H3,(H2,24,25,26);1H. The van der Waals surface area contributed by atoms with Crippen LogP contribution in [0.2, 0.25) is 0 Å². The van der Waals surface area contributed by atoms with Gasteiger partial charge in [-0.05, 0) is 65.0 Å². The summed E-state index contributed by atoms with van der Waals surface area (Å²) in [5.74, 6) is 1.90. The van der Waals surface area contributed by atoms with Gasteiger partial charge in [0.15, 0.2) is 5.96 Å². The molecule has 1 aromatic carbocycles. The van der Waals surface area contributed by atoms with Gasteiger partial charge >= 0.3 is 0 Å². The molecule has 30 heavy (non-hydrogen) atoms. The average Bonchev–Trinajstić information content (AvgIpc) is 2.78. The number of nitrogens with zero attached hydrogens (tertiary/aromatic N) is 3. The predicted octanol–water partition coefficient (Wildman–Crippen LogP) is 3.24. The Bertz CT molecular complexity index is 699. The quantitative estimate of drug-likeness (QED) is 0.358. The van der Waals surface area contributed by atoms with E-state index in [9.17, 15) is 0 Å². The second-order valence-corrected chi connectivity index (χ2v) is 8.87. The van der Waals surface area contributed by atoms with Crippen LogP contribution in [-0.2, 0) is 0 Å². The third-order valence-corrected chi connectivity index (χ3v) is 7.02. The van der Waals surface area contributed by atoms with Crippen LogP contribution in [0.4, 0.5) is 0 Å². The molecular formula is C23H38IN5O. The normalized spacial score (nSPS) is 24.9. The summed E-state index contributed by atoms with van der Waals surface area (Å²) in [6, 6.07) is 8.59. The fourth-order valence-electron chi connectivity index (χ4n) is 5.11. The first-order chi connectivity index (χ1) is 14.2. The van der Waals surface area contributed by atoms with Crippen LogP contribution in [-0.4, -0.2) is 74.7 Å². The Hall–Kier alpha value is -1.06. The molecule has 1 unspecified atom stereocenters. The van der Waals surface area contributed by atoms with Crippen LogP contribution in [0.1, 0.15) is 50.1 Å². The van der Waals surface area contributed by atoms with E-state index >= 15 is 0 Å². The number of rotatable bonds is 4. The van der Waals surface area contributed by atoms with Crippen LogP contribution in [0.5, 0.6) is 5.75 Å². The molecule has 7 heteroatoms. The van der Waals surface area contributed by atoms with E-state index in [2.05, 4.69) is 50.7 Å². The molecule has 0 aliphatic carbocycles. The fourth-order valence-corrected chi connectivity index (χ4v) is 5.11. The number of likely N-dealkylation sites (tertiary alicyclic amines) is 2. The first kappa shape index (κ1) is 23.6. The zero-order valence-corrected chi connectivity index (χ0v) is 20.9. The van der Waals surface area contributed by atoms with Gasteiger partial charge in [0, 0.05) is 31.1 Å². The summed E-state index contributed by atoms with van der Waals surface area (Å²) < 4.78 is 5.82. The minimum atomic E-state index is 0. The molecular weight excluding hydrogens is 489 g/mol. The highest BCUT2D eigenvalue weighted by Gasteiger charge is 2.39. The monoisotopic (exact) mass is 527 g/mol. The van der Waals surface area contributed by atoms with Gasteiger partial charge in [-0.3, -0.25) is 9.89 Å². The van der Waals surface area contributed by atoms with E-state index in [-0.39, 0.29) is 35.6 Å². The molecule has 3 aliphatic rings. The Labute approximate surface area is 198 Å². The van der Waals surface area contributed by atoms with Gasteiger partial charge in [-0.15, -0.1) is 24.0 Å². The molecule has 3 aliphatic heterocycles. The van der Waals surface area contributed by atoms with Crippen molar-refractivity contribution in [3.8, 4) is 5.75 Å². The van der Waals surface area contributed by atoms with Crippen molar-refractivity contribution >= 4 is 29.9 Å². The molecule has 1 atom stereocenters. The van der Waals surface area contributed by atoms with Gasteiger partial charge in [0.2, 0.25) is 0 Å². The van der Waals surface area contributed by atoms with E-state index in [1.54, 1.807) is 0 Å². The van der Waals surface area contributed by atoms with Crippen molar-refractivity contribution in [2.75, 3.05) is 53.4 Å². The lowest BCUT2D eigenvalue weighted by Gasteiger charge is -2.50. The van der Waals surface area contributed by atoms with E-state index < -0.39 is 0 Å². The van der Waals surface area contributed by atoms with Gasteiger partial charge in [0.1, 0.15) is 5.75 Å². The van der Waals surface area contributed by atoms with Gasteiger partial charge in [0.05, 0.1) is 12.6 Å². The molecule has 3 heterocycles. The summed E-state index contributed by atoms with van der Waals surface area (Å²) in [4.78, 5) is 9.79. The topological polar surface area (TPSA) is 52.1 Å². The number of ether oxygens (including phenoxy) is 1. The number of para-hydroxylation sites is 1. The summed E-state index contributed by atoms with van der Waals surface area (Å²) in [5, 5.41) is 7.37. The van der Waals surface area contributed by atoms with Crippen molar-refractivity contribution < 1.29 is 4.74 Å². The number of nitrogens with one attached hydrogen (secondary N) is 2.